The standard InChI is InChI=1S/C20H21N3O/c1-2-14-5-10-18-17(13-14)20(24)22-19(21-18)15-6-8-16(9-7-15)23-11-3-4-12-23/h5-10,13H,2-4,11-12H2,1H3,(H,21,22,24). The van der Waals surface area contributed by atoms with E-state index in [0.29, 0.717) is 11.2 Å². The zero-order valence-electron chi connectivity index (χ0n) is 13.9. The number of aryl methyl sites for hydroxylation is 1. The molecule has 1 aliphatic heterocycles. The van der Waals surface area contributed by atoms with Crippen molar-refractivity contribution in [2.75, 3.05) is 18.0 Å². The summed E-state index contributed by atoms with van der Waals surface area (Å²) in [6.07, 6.45) is 3.44. The number of nitrogens with zero attached hydrogens (tertiary/aromatic N) is 2. The first kappa shape index (κ1) is 14.9. The van der Waals surface area contributed by atoms with Gasteiger partial charge in [-0.2, -0.15) is 0 Å². The fourth-order valence-electron chi connectivity index (χ4n) is 3.35. The van der Waals surface area contributed by atoms with E-state index in [9.17, 15) is 4.79 Å². The Hall–Kier alpha value is -2.62. The number of hydrogen-bond acceptors (Lipinski definition) is 3. The molecule has 1 N–H and O–H groups in total. The van der Waals surface area contributed by atoms with Crippen molar-refractivity contribution < 1.29 is 0 Å². The number of aromatic amines is 1. The number of anilines is 1. The molecule has 4 nitrogen and oxygen atoms in total. The summed E-state index contributed by atoms with van der Waals surface area (Å²) in [4.78, 5) is 22.4. The number of hydrogen-bond donors (Lipinski definition) is 1. The first-order valence-electron chi connectivity index (χ1n) is 8.63. The van der Waals surface area contributed by atoms with Crippen molar-refractivity contribution >= 4 is 16.6 Å². The van der Waals surface area contributed by atoms with Gasteiger partial charge in [-0.05, 0) is 61.2 Å². The largest absolute Gasteiger partial charge is 0.372 e. The summed E-state index contributed by atoms with van der Waals surface area (Å²) in [6, 6.07) is 14.2. The van der Waals surface area contributed by atoms with Crippen LogP contribution in [-0.2, 0) is 6.42 Å². The molecule has 0 radical (unpaired) electrons. The van der Waals surface area contributed by atoms with Crippen LogP contribution in [0.4, 0.5) is 5.69 Å². The van der Waals surface area contributed by atoms with Crippen LogP contribution in [0.1, 0.15) is 25.3 Å². The number of rotatable bonds is 3. The van der Waals surface area contributed by atoms with Gasteiger partial charge in [0.1, 0.15) is 5.82 Å². The smallest absolute Gasteiger partial charge is 0.259 e. The molecular formula is C20H21N3O. The van der Waals surface area contributed by atoms with E-state index in [1.807, 2.05) is 30.3 Å². The van der Waals surface area contributed by atoms with Crippen molar-refractivity contribution in [3.05, 3.63) is 58.4 Å². The van der Waals surface area contributed by atoms with Crippen molar-refractivity contribution in [2.45, 2.75) is 26.2 Å². The van der Waals surface area contributed by atoms with Crippen LogP contribution in [0.15, 0.2) is 47.3 Å². The molecule has 0 aliphatic carbocycles. The fourth-order valence-corrected chi connectivity index (χ4v) is 3.35. The molecule has 1 saturated heterocycles. The van der Waals surface area contributed by atoms with Crippen molar-refractivity contribution in [2.24, 2.45) is 0 Å². The van der Waals surface area contributed by atoms with Gasteiger partial charge in [-0.25, -0.2) is 4.98 Å². The Bertz CT molecular complexity index is 922. The highest BCUT2D eigenvalue weighted by molar-refractivity contribution is 5.80. The van der Waals surface area contributed by atoms with Gasteiger partial charge >= 0.3 is 0 Å². The second-order valence-electron chi connectivity index (χ2n) is 6.36. The Morgan fingerprint density at radius 1 is 1.08 bits per heavy atom. The predicted molar refractivity (Wildman–Crippen MR) is 98.6 cm³/mol. The number of H-pyrrole nitrogens is 1. The lowest BCUT2D eigenvalue weighted by atomic mass is 10.1. The lowest BCUT2D eigenvalue weighted by Crippen LogP contribution is -2.17. The topological polar surface area (TPSA) is 49.0 Å². The molecule has 2 heterocycles. The van der Waals surface area contributed by atoms with Crippen LogP contribution < -0.4 is 10.5 Å². The third kappa shape index (κ3) is 2.68. The molecule has 0 atom stereocenters. The summed E-state index contributed by atoms with van der Waals surface area (Å²) in [5, 5.41) is 0.659. The number of nitrogens with one attached hydrogen (secondary N) is 1. The number of aromatic nitrogens is 2. The van der Waals surface area contributed by atoms with E-state index < -0.39 is 0 Å². The van der Waals surface area contributed by atoms with Crippen LogP contribution in [0.2, 0.25) is 0 Å². The molecule has 122 valence electrons. The van der Waals surface area contributed by atoms with Crippen LogP contribution in [0.5, 0.6) is 0 Å². The van der Waals surface area contributed by atoms with E-state index in [-0.39, 0.29) is 5.56 Å². The summed E-state index contributed by atoms with van der Waals surface area (Å²) in [5.41, 5.74) is 4.00. The summed E-state index contributed by atoms with van der Waals surface area (Å²) in [5.74, 6) is 0.629. The van der Waals surface area contributed by atoms with Gasteiger partial charge in [0.05, 0.1) is 10.9 Å². The molecule has 0 unspecified atom stereocenters. The normalized spacial score (nSPS) is 14.5. The second-order valence-corrected chi connectivity index (χ2v) is 6.36. The van der Waals surface area contributed by atoms with Crippen molar-refractivity contribution in [1.82, 2.24) is 9.97 Å². The average Bonchev–Trinajstić information content (AvgIpc) is 3.16. The van der Waals surface area contributed by atoms with E-state index in [2.05, 4.69) is 33.9 Å². The van der Waals surface area contributed by atoms with Gasteiger partial charge in [0.15, 0.2) is 0 Å². The van der Waals surface area contributed by atoms with E-state index in [1.165, 1.54) is 18.5 Å². The molecule has 4 heteroatoms. The highest BCUT2D eigenvalue weighted by Gasteiger charge is 2.12. The zero-order valence-corrected chi connectivity index (χ0v) is 13.9. The molecule has 2 aromatic carbocycles. The quantitative estimate of drug-likeness (QED) is 0.800. The van der Waals surface area contributed by atoms with E-state index in [1.54, 1.807) is 0 Å². The van der Waals surface area contributed by atoms with Gasteiger partial charge in [0.2, 0.25) is 0 Å². The van der Waals surface area contributed by atoms with Crippen LogP contribution in [-0.4, -0.2) is 23.1 Å². The highest BCUT2D eigenvalue weighted by atomic mass is 16.1. The Kier molecular flexibility index (Phi) is 3.81. The summed E-state index contributed by atoms with van der Waals surface area (Å²) < 4.78 is 0. The number of fused-ring (bicyclic) bond motifs is 1. The molecular weight excluding hydrogens is 298 g/mol. The second kappa shape index (κ2) is 6.11. The maximum atomic E-state index is 12.4. The van der Waals surface area contributed by atoms with E-state index in [0.717, 1.165) is 36.2 Å². The molecule has 0 spiro atoms. The SMILES string of the molecule is CCc1ccc2nc(-c3ccc(N4CCCC4)cc3)[nH]c(=O)c2c1. The average molecular weight is 319 g/mol. The minimum atomic E-state index is -0.0751. The summed E-state index contributed by atoms with van der Waals surface area (Å²) >= 11 is 0. The molecule has 0 bridgehead atoms. The summed E-state index contributed by atoms with van der Waals surface area (Å²) in [6.45, 7) is 4.34. The Balaban J connectivity index is 1.72. The molecule has 1 aromatic heterocycles. The van der Waals surface area contributed by atoms with Crippen LogP contribution >= 0.6 is 0 Å². The fraction of sp³-hybridized carbons (Fsp3) is 0.300. The molecule has 1 aliphatic rings. The Morgan fingerprint density at radius 2 is 1.83 bits per heavy atom. The molecule has 3 aromatic rings. The molecule has 0 amide bonds. The van der Waals surface area contributed by atoms with E-state index in [4.69, 9.17) is 0 Å². The minimum Gasteiger partial charge on any atom is -0.372 e. The van der Waals surface area contributed by atoms with E-state index >= 15 is 0 Å². The van der Waals surface area contributed by atoms with Crippen molar-refractivity contribution in [1.29, 1.82) is 0 Å². The predicted octanol–water partition coefficient (Wildman–Crippen LogP) is 3.75. The van der Waals surface area contributed by atoms with Gasteiger partial charge in [-0.3, -0.25) is 4.79 Å². The zero-order chi connectivity index (χ0) is 16.5. The Morgan fingerprint density at radius 3 is 2.54 bits per heavy atom. The van der Waals surface area contributed by atoms with Gasteiger partial charge in [-0.15, -0.1) is 0 Å². The van der Waals surface area contributed by atoms with Gasteiger partial charge in [0.25, 0.3) is 5.56 Å². The third-order valence-electron chi connectivity index (χ3n) is 4.79. The lowest BCUT2D eigenvalue weighted by molar-refractivity contribution is 0.949. The molecule has 24 heavy (non-hydrogen) atoms. The first-order chi connectivity index (χ1) is 11.7. The van der Waals surface area contributed by atoms with Gasteiger partial charge < -0.3 is 9.88 Å². The van der Waals surface area contributed by atoms with Crippen molar-refractivity contribution in [3.63, 3.8) is 0 Å². The third-order valence-corrected chi connectivity index (χ3v) is 4.79. The molecule has 4 rings (SSSR count). The summed E-state index contributed by atoms with van der Waals surface area (Å²) in [7, 11) is 0. The van der Waals surface area contributed by atoms with Crippen LogP contribution in [0.3, 0.4) is 0 Å². The van der Waals surface area contributed by atoms with Crippen LogP contribution in [0, 0.1) is 0 Å². The maximum Gasteiger partial charge on any atom is 0.259 e. The lowest BCUT2D eigenvalue weighted by Gasteiger charge is -2.17. The Labute approximate surface area is 141 Å². The minimum absolute atomic E-state index is 0.0751. The van der Waals surface area contributed by atoms with Gasteiger partial charge in [-0.1, -0.05) is 13.0 Å². The van der Waals surface area contributed by atoms with Gasteiger partial charge in [0, 0.05) is 24.3 Å². The molecule has 0 saturated carbocycles. The first-order valence-corrected chi connectivity index (χ1v) is 8.63. The highest BCUT2D eigenvalue weighted by Crippen LogP contribution is 2.24. The van der Waals surface area contributed by atoms with Crippen molar-refractivity contribution in [3.8, 4) is 11.4 Å². The molecule has 1 fully saturated rings. The van der Waals surface area contributed by atoms with Crippen LogP contribution in [0.25, 0.3) is 22.3 Å². The number of benzene rings is 2. The maximum absolute atomic E-state index is 12.4. The monoisotopic (exact) mass is 319 g/mol.